The molecule has 1 N–H and O–H groups in total. The fourth-order valence-corrected chi connectivity index (χ4v) is 3.36. The molecule has 1 heterocycles. The van der Waals surface area contributed by atoms with Crippen molar-refractivity contribution in [3.8, 4) is 0 Å². The highest BCUT2D eigenvalue weighted by Crippen LogP contribution is 2.22. The molecule has 0 bridgehead atoms. The second-order valence-electron chi connectivity index (χ2n) is 7.09. The zero-order valence-corrected chi connectivity index (χ0v) is 16.3. The number of anilines is 1. The first kappa shape index (κ1) is 20.3. The molecule has 8 nitrogen and oxygen atoms in total. The van der Waals surface area contributed by atoms with Gasteiger partial charge in [-0.1, -0.05) is 24.3 Å². The van der Waals surface area contributed by atoms with Crippen molar-refractivity contribution in [1.82, 2.24) is 10.2 Å². The molecule has 1 aliphatic rings. The highest BCUT2D eigenvalue weighted by atomic mass is 16.6. The van der Waals surface area contributed by atoms with Gasteiger partial charge >= 0.3 is 0 Å². The average Bonchev–Trinajstić information content (AvgIpc) is 2.74. The number of carbonyl (C=O) groups is 2. The van der Waals surface area contributed by atoms with Gasteiger partial charge in [0.2, 0.25) is 5.91 Å². The lowest BCUT2D eigenvalue weighted by Gasteiger charge is -2.36. The maximum absolute atomic E-state index is 12.6. The van der Waals surface area contributed by atoms with Crippen LogP contribution in [0.1, 0.15) is 23.7 Å². The SMILES string of the molecule is CC(CC(=O)N1CCN(c2cccc([N+](=O)[O-])c2)CC1)NC(=O)c1ccccc1. The Labute approximate surface area is 169 Å². The lowest BCUT2D eigenvalue weighted by Crippen LogP contribution is -2.50. The molecule has 0 spiro atoms. The Morgan fingerprint density at radius 1 is 1.07 bits per heavy atom. The molecule has 0 aromatic heterocycles. The predicted molar refractivity (Wildman–Crippen MR) is 110 cm³/mol. The minimum Gasteiger partial charge on any atom is -0.368 e. The zero-order valence-electron chi connectivity index (χ0n) is 16.3. The smallest absolute Gasteiger partial charge is 0.271 e. The third-order valence-corrected chi connectivity index (χ3v) is 4.93. The molecular formula is C21H24N4O4. The van der Waals surface area contributed by atoms with Gasteiger partial charge in [-0.3, -0.25) is 19.7 Å². The second kappa shape index (κ2) is 9.18. The van der Waals surface area contributed by atoms with Crippen LogP contribution in [-0.4, -0.2) is 53.9 Å². The van der Waals surface area contributed by atoms with E-state index in [0.717, 1.165) is 5.69 Å². The van der Waals surface area contributed by atoms with Crippen molar-refractivity contribution in [1.29, 1.82) is 0 Å². The number of amides is 2. The number of nitro groups is 1. The monoisotopic (exact) mass is 396 g/mol. The van der Waals surface area contributed by atoms with Crippen molar-refractivity contribution in [2.75, 3.05) is 31.1 Å². The van der Waals surface area contributed by atoms with Crippen LogP contribution in [0.5, 0.6) is 0 Å². The molecule has 29 heavy (non-hydrogen) atoms. The van der Waals surface area contributed by atoms with Crippen LogP contribution >= 0.6 is 0 Å². The molecule has 2 aromatic rings. The molecule has 152 valence electrons. The standard InChI is InChI=1S/C21H24N4O4/c1-16(22-21(27)17-6-3-2-4-7-17)14-20(26)24-12-10-23(11-13-24)18-8-5-9-19(15-18)25(28)29/h2-9,15-16H,10-14H2,1H3,(H,22,27). The fourth-order valence-electron chi connectivity index (χ4n) is 3.36. The van der Waals surface area contributed by atoms with Crippen LogP contribution in [-0.2, 0) is 4.79 Å². The van der Waals surface area contributed by atoms with E-state index < -0.39 is 4.92 Å². The van der Waals surface area contributed by atoms with Crippen LogP contribution < -0.4 is 10.2 Å². The van der Waals surface area contributed by atoms with Crippen LogP contribution in [0.4, 0.5) is 11.4 Å². The summed E-state index contributed by atoms with van der Waals surface area (Å²) < 4.78 is 0. The Morgan fingerprint density at radius 2 is 1.76 bits per heavy atom. The first-order valence-electron chi connectivity index (χ1n) is 9.57. The quantitative estimate of drug-likeness (QED) is 0.598. The maximum Gasteiger partial charge on any atom is 0.271 e. The van der Waals surface area contributed by atoms with Crippen molar-refractivity contribution < 1.29 is 14.5 Å². The molecule has 0 aliphatic carbocycles. The molecule has 1 saturated heterocycles. The molecule has 0 radical (unpaired) electrons. The van der Waals surface area contributed by atoms with Crippen molar-refractivity contribution >= 4 is 23.2 Å². The van der Waals surface area contributed by atoms with Crippen molar-refractivity contribution in [3.05, 3.63) is 70.3 Å². The molecule has 1 unspecified atom stereocenters. The molecular weight excluding hydrogens is 372 g/mol. The van der Waals surface area contributed by atoms with E-state index in [9.17, 15) is 19.7 Å². The van der Waals surface area contributed by atoms with Gasteiger partial charge in [0.05, 0.1) is 4.92 Å². The minimum atomic E-state index is -0.408. The predicted octanol–water partition coefficient (Wildman–Crippen LogP) is 2.45. The summed E-state index contributed by atoms with van der Waals surface area (Å²) in [5.74, 6) is -0.203. The van der Waals surface area contributed by atoms with Crippen molar-refractivity contribution in [3.63, 3.8) is 0 Å². The molecule has 2 amide bonds. The third kappa shape index (κ3) is 5.31. The minimum absolute atomic E-state index is 0.00967. The number of nitro benzene ring substituents is 1. The van der Waals surface area contributed by atoms with E-state index in [-0.39, 0.29) is 30.0 Å². The van der Waals surface area contributed by atoms with E-state index in [1.54, 1.807) is 41.3 Å². The lowest BCUT2D eigenvalue weighted by atomic mass is 10.1. The summed E-state index contributed by atoms with van der Waals surface area (Å²) in [6, 6.07) is 15.2. The topological polar surface area (TPSA) is 95.8 Å². The van der Waals surface area contributed by atoms with Gasteiger partial charge in [0.25, 0.3) is 11.6 Å². The number of non-ortho nitro benzene ring substituents is 1. The average molecular weight is 396 g/mol. The van der Waals surface area contributed by atoms with E-state index in [4.69, 9.17) is 0 Å². The Morgan fingerprint density at radius 3 is 2.41 bits per heavy atom. The molecule has 3 rings (SSSR count). The first-order chi connectivity index (χ1) is 13.9. The van der Waals surface area contributed by atoms with E-state index in [1.807, 2.05) is 24.0 Å². The Bertz CT molecular complexity index is 879. The van der Waals surface area contributed by atoms with Gasteiger partial charge in [-0.05, 0) is 25.1 Å². The summed E-state index contributed by atoms with van der Waals surface area (Å²) in [7, 11) is 0. The Kier molecular flexibility index (Phi) is 6.43. The summed E-state index contributed by atoms with van der Waals surface area (Å²) in [6.45, 7) is 4.12. The van der Waals surface area contributed by atoms with Gasteiger partial charge in [0.1, 0.15) is 0 Å². The molecule has 8 heteroatoms. The van der Waals surface area contributed by atoms with Gasteiger partial charge in [0, 0.05) is 62.0 Å². The number of nitrogens with zero attached hydrogens (tertiary/aromatic N) is 3. The number of hydrogen-bond acceptors (Lipinski definition) is 5. The normalized spacial score (nSPS) is 14.9. The van der Waals surface area contributed by atoms with Gasteiger partial charge in [0.15, 0.2) is 0 Å². The maximum atomic E-state index is 12.6. The van der Waals surface area contributed by atoms with Crippen molar-refractivity contribution in [2.45, 2.75) is 19.4 Å². The van der Waals surface area contributed by atoms with E-state index in [1.165, 1.54) is 6.07 Å². The first-order valence-corrected chi connectivity index (χ1v) is 9.57. The van der Waals surface area contributed by atoms with Crippen molar-refractivity contribution in [2.24, 2.45) is 0 Å². The van der Waals surface area contributed by atoms with E-state index in [2.05, 4.69) is 5.32 Å². The van der Waals surface area contributed by atoms with Crippen LogP contribution in [0, 0.1) is 10.1 Å². The number of piperazine rings is 1. The number of hydrogen-bond donors (Lipinski definition) is 1. The molecule has 1 aliphatic heterocycles. The zero-order chi connectivity index (χ0) is 20.8. The van der Waals surface area contributed by atoms with Gasteiger partial charge in [-0.2, -0.15) is 0 Å². The van der Waals surface area contributed by atoms with Gasteiger partial charge in [-0.25, -0.2) is 0 Å². The number of carbonyl (C=O) groups excluding carboxylic acids is 2. The fraction of sp³-hybridized carbons (Fsp3) is 0.333. The lowest BCUT2D eigenvalue weighted by molar-refractivity contribution is -0.384. The number of nitrogens with one attached hydrogen (secondary N) is 1. The second-order valence-corrected chi connectivity index (χ2v) is 7.09. The summed E-state index contributed by atoms with van der Waals surface area (Å²) in [6.07, 6.45) is 0.232. The number of benzene rings is 2. The molecule has 0 saturated carbocycles. The Balaban J connectivity index is 1.49. The molecule has 1 atom stereocenters. The summed E-state index contributed by atoms with van der Waals surface area (Å²) in [5.41, 5.74) is 1.41. The largest absolute Gasteiger partial charge is 0.368 e. The number of rotatable bonds is 6. The summed E-state index contributed by atoms with van der Waals surface area (Å²) >= 11 is 0. The van der Waals surface area contributed by atoms with Gasteiger partial charge < -0.3 is 15.1 Å². The highest BCUT2D eigenvalue weighted by Gasteiger charge is 2.24. The summed E-state index contributed by atoms with van der Waals surface area (Å²) in [4.78, 5) is 39.1. The summed E-state index contributed by atoms with van der Waals surface area (Å²) in [5, 5.41) is 13.8. The van der Waals surface area contributed by atoms with Crippen LogP contribution in [0.15, 0.2) is 54.6 Å². The van der Waals surface area contributed by atoms with Gasteiger partial charge in [-0.15, -0.1) is 0 Å². The van der Waals surface area contributed by atoms with Crippen LogP contribution in [0.2, 0.25) is 0 Å². The molecule has 1 fully saturated rings. The van der Waals surface area contributed by atoms with Crippen LogP contribution in [0.3, 0.4) is 0 Å². The third-order valence-electron chi connectivity index (χ3n) is 4.93. The van der Waals surface area contributed by atoms with E-state index in [0.29, 0.717) is 31.7 Å². The molecule has 2 aromatic carbocycles. The highest BCUT2D eigenvalue weighted by molar-refractivity contribution is 5.94. The van der Waals surface area contributed by atoms with Crippen LogP contribution in [0.25, 0.3) is 0 Å². The Hall–Kier alpha value is -3.42. The van der Waals surface area contributed by atoms with E-state index >= 15 is 0 Å².